The predicted molar refractivity (Wildman–Crippen MR) is 136 cm³/mol. The number of rotatable bonds is 9. The van der Waals surface area contributed by atoms with Crippen molar-refractivity contribution in [3.05, 3.63) is 23.8 Å². The number of amides is 1. The summed E-state index contributed by atoms with van der Waals surface area (Å²) in [5.74, 6) is 2.78. The van der Waals surface area contributed by atoms with Crippen LogP contribution in [0.15, 0.2) is 23.2 Å². The van der Waals surface area contributed by atoms with E-state index in [1.54, 1.807) is 33.2 Å². The average molecular weight is 547 g/mol. The molecule has 1 unspecified atom stereocenters. The van der Waals surface area contributed by atoms with E-state index in [4.69, 9.17) is 9.47 Å². The Labute approximate surface area is 203 Å². The summed E-state index contributed by atoms with van der Waals surface area (Å²) >= 11 is 0. The minimum Gasteiger partial charge on any atom is -0.497 e. The van der Waals surface area contributed by atoms with E-state index in [1.807, 2.05) is 18.2 Å². The lowest BCUT2D eigenvalue weighted by molar-refractivity contribution is -0.127. The minimum atomic E-state index is -0.0133. The molecule has 0 spiro atoms. The molecule has 2 N–H and O–H groups in total. The standard InChI is InChI=1S/C22H37N5O3.HI/c1-16(2)12-23-22(24-13-21(28)26(3)4)25-18-7-8-27(15-18)14-17-9-19(29-5)11-20(10-17)30-6;/h9-11,16,18H,7-8,12-15H2,1-6H3,(H2,23,24,25);1H. The zero-order chi connectivity index (χ0) is 22.1. The molecule has 0 saturated carbocycles. The van der Waals surface area contributed by atoms with Gasteiger partial charge in [-0.1, -0.05) is 13.8 Å². The molecule has 0 aromatic heterocycles. The molecule has 1 fully saturated rings. The number of carbonyl (C=O) groups excluding carboxylic acids is 1. The van der Waals surface area contributed by atoms with E-state index in [1.165, 1.54) is 0 Å². The number of carbonyl (C=O) groups is 1. The molecule has 1 atom stereocenters. The molecular formula is C22H38IN5O3. The third-order valence-electron chi connectivity index (χ3n) is 4.98. The maximum absolute atomic E-state index is 11.9. The summed E-state index contributed by atoms with van der Waals surface area (Å²) in [6, 6.07) is 6.27. The van der Waals surface area contributed by atoms with Crippen LogP contribution in [0.1, 0.15) is 25.8 Å². The number of hydrogen-bond acceptors (Lipinski definition) is 5. The first kappa shape index (κ1) is 27.3. The predicted octanol–water partition coefficient (Wildman–Crippen LogP) is 2.18. The molecule has 1 aliphatic rings. The fourth-order valence-electron chi connectivity index (χ4n) is 3.24. The number of nitrogens with one attached hydrogen (secondary N) is 2. The van der Waals surface area contributed by atoms with Crippen LogP contribution in [0, 0.1) is 5.92 Å². The van der Waals surface area contributed by atoms with E-state index >= 15 is 0 Å². The monoisotopic (exact) mass is 547 g/mol. The molecule has 1 amide bonds. The van der Waals surface area contributed by atoms with Gasteiger partial charge in [0.1, 0.15) is 18.0 Å². The Kier molecular flexibility index (Phi) is 12.0. The van der Waals surface area contributed by atoms with Crippen molar-refractivity contribution in [1.82, 2.24) is 20.4 Å². The van der Waals surface area contributed by atoms with Crippen molar-refractivity contribution >= 4 is 35.8 Å². The topological polar surface area (TPSA) is 78.4 Å². The van der Waals surface area contributed by atoms with Crippen LogP contribution < -0.4 is 20.1 Å². The Morgan fingerprint density at radius 2 is 1.87 bits per heavy atom. The van der Waals surface area contributed by atoms with Gasteiger partial charge in [0.15, 0.2) is 5.96 Å². The van der Waals surface area contributed by atoms with Crippen molar-refractivity contribution in [1.29, 1.82) is 0 Å². The van der Waals surface area contributed by atoms with Crippen molar-refractivity contribution in [2.24, 2.45) is 10.9 Å². The third-order valence-corrected chi connectivity index (χ3v) is 4.98. The van der Waals surface area contributed by atoms with Crippen LogP contribution in [-0.2, 0) is 11.3 Å². The average Bonchev–Trinajstić information content (AvgIpc) is 3.15. The molecule has 0 aliphatic carbocycles. The van der Waals surface area contributed by atoms with Gasteiger partial charge in [0.25, 0.3) is 0 Å². The second-order valence-electron chi connectivity index (χ2n) is 8.31. The Bertz CT molecular complexity index is 705. The summed E-state index contributed by atoms with van der Waals surface area (Å²) in [7, 11) is 6.82. The summed E-state index contributed by atoms with van der Waals surface area (Å²) in [6.45, 7) is 7.97. The lowest BCUT2D eigenvalue weighted by Gasteiger charge is -2.20. The van der Waals surface area contributed by atoms with Gasteiger partial charge in [-0.05, 0) is 30.0 Å². The largest absolute Gasteiger partial charge is 0.497 e. The SMILES string of the molecule is COc1cc(CN2CCC(NC(=NCC(=O)N(C)C)NCC(C)C)C2)cc(OC)c1.I. The molecule has 2 rings (SSSR count). The van der Waals surface area contributed by atoms with Gasteiger partial charge in [-0.15, -0.1) is 24.0 Å². The number of ether oxygens (including phenoxy) is 2. The number of methoxy groups -OCH3 is 2. The molecule has 176 valence electrons. The van der Waals surface area contributed by atoms with Gasteiger partial charge in [0, 0.05) is 52.4 Å². The zero-order valence-corrected chi connectivity index (χ0v) is 21.9. The van der Waals surface area contributed by atoms with Gasteiger partial charge in [-0.3, -0.25) is 9.69 Å². The molecular weight excluding hydrogens is 509 g/mol. The minimum absolute atomic E-state index is 0. The van der Waals surface area contributed by atoms with E-state index in [9.17, 15) is 4.79 Å². The van der Waals surface area contributed by atoms with Gasteiger partial charge in [-0.25, -0.2) is 4.99 Å². The maximum Gasteiger partial charge on any atom is 0.243 e. The summed E-state index contributed by atoms with van der Waals surface area (Å²) < 4.78 is 10.8. The number of likely N-dealkylation sites (tertiary alicyclic amines) is 1. The zero-order valence-electron chi connectivity index (χ0n) is 19.6. The summed E-state index contributed by atoms with van der Waals surface area (Å²) in [6.07, 6.45) is 1.02. The normalized spacial score (nSPS) is 16.6. The fraction of sp³-hybridized carbons (Fsp3) is 0.636. The van der Waals surface area contributed by atoms with Crippen LogP contribution in [0.5, 0.6) is 11.5 Å². The summed E-state index contributed by atoms with van der Waals surface area (Å²) in [5.41, 5.74) is 1.16. The maximum atomic E-state index is 11.9. The molecule has 1 aromatic rings. The highest BCUT2D eigenvalue weighted by atomic mass is 127. The molecule has 0 radical (unpaired) electrons. The number of halogens is 1. The smallest absolute Gasteiger partial charge is 0.243 e. The second-order valence-corrected chi connectivity index (χ2v) is 8.31. The van der Waals surface area contributed by atoms with E-state index in [2.05, 4.69) is 34.4 Å². The van der Waals surface area contributed by atoms with Gasteiger partial charge >= 0.3 is 0 Å². The number of benzene rings is 1. The van der Waals surface area contributed by atoms with Crippen LogP contribution in [0.2, 0.25) is 0 Å². The second kappa shape index (κ2) is 13.6. The Morgan fingerprint density at radius 3 is 2.42 bits per heavy atom. The van der Waals surface area contributed by atoms with Gasteiger partial charge in [0.05, 0.1) is 14.2 Å². The highest BCUT2D eigenvalue weighted by molar-refractivity contribution is 14.0. The summed E-state index contributed by atoms with van der Waals surface area (Å²) in [5, 5.41) is 6.86. The molecule has 1 aliphatic heterocycles. The third kappa shape index (κ3) is 9.51. The highest BCUT2D eigenvalue weighted by Crippen LogP contribution is 2.24. The first-order valence-electron chi connectivity index (χ1n) is 10.5. The Morgan fingerprint density at radius 1 is 1.23 bits per heavy atom. The summed E-state index contributed by atoms with van der Waals surface area (Å²) in [4.78, 5) is 20.4. The van der Waals surface area contributed by atoms with Gasteiger partial charge in [0.2, 0.25) is 5.91 Å². The van der Waals surface area contributed by atoms with E-state index in [-0.39, 0.29) is 42.5 Å². The Balaban J connectivity index is 0.00000480. The van der Waals surface area contributed by atoms with Crippen molar-refractivity contribution in [2.75, 3.05) is 54.5 Å². The number of guanidine groups is 1. The van der Waals surface area contributed by atoms with E-state index < -0.39 is 0 Å². The fourth-order valence-corrected chi connectivity index (χ4v) is 3.24. The first-order valence-corrected chi connectivity index (χ1v) is 10.5. The molecule has 8 nitrogen and oxygen atoms in total. The number of nitrogens with zero attached hydrogens (tertiary/aromatic N) is 3. The quantitative estimate of drug-likeness (QED) is 0.281. The van der Waals surface area contributed by atoms with Crippen molar-refractivity contribution < 1.29 is 14.3 Å². The highest BCUT2D eigenvalue weighted by Gasteiger charge is 2.24. The molecule has 1 aromatic carbocycles. The van der Waals surface area contributed by atoms with Crippen LogP contribution in [0.3, 0.4) is 0 Å². The molecule has 0 bridgehead atoms. The van der Waals surface area contributed by atoms with E-state index in [0.29, 0.717) is 11.9 Å². The molecule has 1 saturated heterocycles. The van der Waals surface area contributed by atoms with Crippen molar-refractivity contribution in [2.45, 2.75) is 32.9 Å². The van der Waals surface area contributed by atoms with Crippen LogP contribution in [0.25, 0.3) is 0 Å². The molecule has 9 heteroatoms. The Hall–Kier alpha value is -1.75. The molecule has 31 heavy (non-hydrogen) atoms. The lowest BCUT2D eigenvalue weighted by Crippen LogP contribution is -2.46. The van der Waals surface area contributed by atoms with Crippen LogP contribution in [0.4, 0.5) is 0 Å². The lowest BCUT2D eigenvalue weighted by atomic mass is 10.2. The van der Waals surface area contributed by atoms with Crippen molar-refractivity contribution in [3.63, 3.8) is 0 Å². The van der Waals surface area contributed by atoms with Crippen LogP contribution in [-0.4, -0.2) is 82.2 Å². The number of aliphatic imine (C=N–C) groups is 1. The first-order chi connectivity index (χ1) is 14.3. The van der Waals surface area contributed by atoms with E-state index in [0.717, 1.165) is 49.7 Å². The number of hydrogen-bond donors (Lipinski definition) is 2. The molecule has 1 heterocycles. The van der Waals surface area contributed by atoms with Crippen LogP contribution >= 0.6 is 24.0 Å². The van der Waals surface area contributed by atoms with Crippen molar-refractivity contribution in [3.8, 4) is 11.5 Å². The van der Waals surface area contributed by atoms with Gasteiger partial charge in [-0.2, -0.15) is 0 Å². The number of likely N-dealkylation sites (N-methyl/N-ethyl adjacent to an activating group) is 1. The van der Waals surface area contributed by atoms with Gasteiger partial charge < -0.3 is 25.0 Å².